The van der Waals surface area contributed by atoms with E-state index in [0.29, 0.717) is 11.4 Å². The van der Waals surface area contributed by atoms with Crippen LogP contribution < -0.4 is 5.73 Å². The molecule has 2 N–H and O–H groups in total. The van der Waals surface area contributed by atoms with Crippen molar-refractivity contribution in [2.45, 2.75) is 0 Å². The molecule has 21 heavy (non-hydrogen) atoms. The molecule has 0 saturated heterocycles. The number of hydrogen-bond donors (Lipinski definition) is 1. The Morgan fingerprint density at radius 2 is 1.71 bits per heavy atom. The standard InChI is InChI=1S/C14H11N5O2/c15-11-3-1-10(2-4-11)14-9-16-17-18(14)12-5-7-13(8-6-12)19(20)21/h1-9H,15H2. The number of nitrogens with two attached hydrogens (primary N) is 1. The van der Waals surface area contributed by atoms with Gasteiger partial charge in [-0.1, -0.05) is 17.3 Å². The SMILES string of the molecule is Nc1ccc(-c2cnnn2-c2ccc([N+](=O)[O-])cc2)cc1. The third kappa shape index (κ3) is 2.44. The fourth-order valence-corrected chi connectivity index (χ4v) is 1.99. The van der Waals surface area contributed by atoms with E-state index in [1.54, 1.807) is 35.1 Å². The van der Waals surface area contributed by atoms with Gasteiger partial charge in [-0.25, -0.2) is 4.68 Å². The summed E-state index contributed by atoms with van der Waals surface area (Å²) >= 11 is 0. The third-order valence-electron chi connectivity index (χ3n) is 3.06. The van der Waals surface area contributed by atoms with Crippen molar-refractivity contribution in [3.05, 3.63) is 64.8 Å². The average Bonchev–Trinajstić information content (AvgIpc) is 2.97. The second kappa shape index (κ2) is 5.04. The minimum Gasteiger partial charge on any atom is -0.399 e. The van der Waals surface area contributed by atoms with E-state index in [1.807, 2.05) is 12.1 Å². The van der Waals surface area contributed by atoms with Crippen molar-refractivity contribution in [2.75, 3.05) is 5.73 Å². The minimum absolute atomic E-state index is 0.0351. The molecule has 0 aliphatic carbocycles. The monoisotopic (exact) mass is 281 g/mol. The van der Waals surface area contributed by atoms with Crippen LogP contribution in [0.4, 0.5) is 11.4 Å². The summed E-state index contributed by atoms with van der Waals surface area (Å²) in [5.74, 6) is 0. The first kappa shape index (κ1) is 12.8. The van der Waals surface area contributed by atoms with Crippen molar-refractivity contribution >= 4 is 11.4 Å². The average molecular weight is 281 g/mol. The number of nitro benzene ring substituents is 1. The van der Waals surface area contributed by atoms with Gasteiger partial charge in [-0.3, -0.25) is 10.1 Å². The summed E-state index contributed by atoms with van der Waals surface area (Å²) in [7, 11) is 0. The molecule has 2 aromatic carbocycles. The van der Waals surface area contributed by atoms with Crippen molar-refractivity contribution in [3.8, 4) is 16.9 Å². The topological polar surface area (TPSA) is 99.9 Å². The Morgan fingerprint density at radius 1 is 1.05 bits per heavy atom. The van der Waals surface area contributed by atoms with Crippen molar-refractivity contribution in [1.82, 2.24) is 15.0 Å². The highest BCUT2D eigenvalue weighted by atomic mass is 16.6. The van der Waals surface area contributed by atoms with Crippen molar-refractivity contribution < 1.29 is 4.92 Å². The molecule has 3 rings (SSSR count). The summed E-state index contributed by atoms with van der Waals surface area (Å²) in [6.07, 6.45) is 1.63. The third-order valence-corrected chi connectivity index (χ3v) is 3.06. The molecule has 7 heteroatoms. The van der Waals surface area contributed by atoms with Crippen LogP contribution in [0.2, 0.25) is 0 Å². The van der Waals surface area contributed by atoms with Gasteiger partial charge in [0.1, 0.15) is 0 Å². The lowest BCUT2D eigenvalue weighted by atomic mass is 10.1. The first-order chi connectivity index (χ1) is 10.1. The number of benzene rings is 2. The predicted molar refractivity (Wildman–Crippen MR) is 77.9 cm³/mol. The number of nitrogen functional groups attached to an aromatic ring is 1. The number of nitrogens with zero attached hydrogens (tertiary/aromatic N) is 4. The number of aromatic nitrogens is 3. The highest BCUT2D eigenvalue weighted by Crippen LogP contribution is 2.23. The zero-order chi connectivity index (χ0) is 14.8. The molecule has 0 fully saturated rings. The molecule has 0 saturated carbocycles. The van der Waals surface area contributed by atoms with E-state index in [1.165, 1.54) is 12.1 Å². The predicted octanol–water partition coefficient (Wildman–Crippen LogP) is 2.42. The molecule has 0 atom stereocenters. The number of hydrogen-bond acceptors (Lipinski definition) is 5. The first-order valence-corrected chi connectivity index (χ1v) is 6.16. The summed E-state index contributed by atoms with van der Waals surface area (Å²) in [5, 5.41) is 18.6. The van der Waals surface area contributed by atoms with Crippen LogP contribution in [0.25, 0.3) is 16.9 Å². The summed E-state index contributed by atoms with van der Waals surface area (Å²) in [6, 6.07) is 13.5. The van der Waals surface area contributed by atoms with Gasteiger partial charge in [0.25, 0.3) is 5.69 Å². The van der Waals surface area contributed by atoms with Crippen molar-refractivity contribution in [1.29, 1.82) is 0 Å². The lowest BCUT2D eigenvalue weighted by Gasteiger charge is -2.06. The van der Waals surface area contributed by atoms with E-state index in [-0.39, 0.29) is 5.69 Å². The van der Waals surface area contributed by atoms with Gasteiger partial charge >= 0.3 is 0 Å². The molecule has 0 bridgehead atoms. The fourth-order valence-electron chi connectivity index (χ4n) is 1.99. The Balaban J connectivity index is 2.02. The van der Waals surface area contributed by atoms with Crippen LogP contribution in [0.3, 0.4) is 0 Å². The maximum Gasteiger partial charge on any atom is 0.269 e. The van der Waals surface area contributed by atoms with Crippen LogP contribution in [-0.2, 0) is 0 Å². The van der Waals surface area contributed by atoms with Gasteiger partial charge in [0.05, 0.1) is 22.5 Å². The van der Waals surface area contributed by atoms with Gasteiger partial charge in [0.2, 0.25) is 0 Å². The van der Waals surface area contributed by atoms with E-state index in [0.717, 1.165) is 11.3 Å². The number of non-ortho nitro benzene ring substituents is 1. The van der Waals surface area contributed by atoms with E-state index in [9.17, 15) is 10.1 Å². The molecule has 7 nitrogen and oxygen atoms in total. The van der Waals surface area contributed by atoms with Crippen LogP contribution in [0.15, 0.2) is 54.7 Å². The highest BCUT2D eigenvalue weighted by Gasteiger charge is 2.10. The second-order valence-electron chi connectivity index (χ2n) is 4.43. The van der Waals surface area contributed by atoms with E-state index in [2.05, 4.69) is 10.3 Å². The molecule has 1 aromatic heterocycles. The Bertz CT molecular complexity index is 778. The Hall–Kier alpha value is -3.22. The lowest BCUT2D eigenvalue weighted by Crippen LogP contribution is -1.99. The number of rotatable bonds is 3. The van der Waals surface area contributed by atoms with Gasteiger partial charge in [0, 0.05) is 23.4 Å². The first-order valence-electron chi connectivity index (χ1n) is 6.16. The van der Waals surface area contributed by atoms with Gasteiger partial charge < -0.3 is 5.73 Å². The molecule has 3 aromatic rings. The van der Waals surface area contributed by atoms with Gasteiger partial charge in [-0.15, -0.1) is 5.10 Å². The number of nitro groups is 1. The van der Waals surface area contributed by atoms with E-state index < -0.39 is 4.92 Å². The molecule has 0 amide bonds. The summed E-state index contributed by atoms with van der Waals surface area (Å²) < 4.78 is 1.62. The van der Waals surface area contributed by atoms with Crippen LogP contribution in [0.5, 0.6) is 0 Å². The molecule has 0 radical (unpaired) electrons. The zero-order valence-corrected chi connectivity index (χ0v) is 10.9. The molecular formula is C14H11N5O2. The summed E-state index contributed by atoms with van der Waals surface area (Å²) in [4.78, 5) is 10.2. The Kier molecular flexibility index (Phi) is 3.07. The fraction of sp³-hybridized carbons (Fsp3) is 0. The maximum absolute atomic E-state index is 10.7. The van der Waals surface area contributed by atoms with Crippen LogP contribution in [-0.4, -0.2) is 19.9 Å². The van der Waals surface area contributed by atoms with Crippen LogP contribution >= 0.6 is 0 Å². The molecule has 0 unspecified atom stereocenters. The Morgan fingerprint density at radius 3 is 2.33 bits per heavy atom. The maximum atomic E-state index is 10.7. The Labute approximate surface area is 119 Å². The molecule has 0 aliphatic rings. The quantitative estimate of drug-likeness (QED) is 0.451. The smallest absolute Gasteiger partial charge is 0.269 e. The van der Waals surface area contributed by atoms with Crippen molar-refractivity contribution in [3.63, 3.8) is 0 Å². The van der Waals surface area contributed by atoms with Crippen molar-refractivity contribution in [2.24, 2.45) is 0 Å². The van der Waals surface area contributed by atoms with Crippen LogP contribution in [0.1, 0.15) is 0 Å². The lowest BCUT2D eigenvalue weighted by molar-refractivity contribution is -0.384. The minimum atomic E-state index is -0.438. The van der Waals surface area contributed by atoms with Crippen LogP contribution in [0, 0.1) is 10.1 Å². The molecule has 0 spiro atoms. The molecular weight excluding hydrogens is 270 g/mol. The highest BCUT2D eigenvalue weighted by molar-refractivity contribution is 5.63. The molecule has 104 valence electrons. The van der Waals surface area contributed by atoms with Gasteiger partial charge in [-0.2, -0.15) is 0 Å². The second-order valence-corrected chi connectivity index (χ2v) is 4.43. The summed E-state index contributed by atoms with van der Waals surface area (Å²) in [6.45, 7) is 0. The van der Waals surface area contributed by atoms with E-state index >= 15 is 0 Å². The normalized spacial score (nSPS) is 10.5. The van der Waals surface area contributed by atoms with E-state index in [4.69, 9.17) is 5.73 Å². The van der Waals surface area contributed by atoms with Gasteiger partial charge in [0.15, 0.2) is 0 Å². The zero-order valence-electron chi connectivity index (χ0n) is 10.9. The largest absolute Gasteiger partial charge is 0.399 e. The summed E-state index contributed by atoms with van der Waals surface area (Å²) in [5.41, 5.74) is 8.77. The number of anilines is 1. The molecule has 0 aliphatic heterocycles. The molecule has 1 heterocycles. The van der Waals surface area contributed by atoms with Gasteiger partial charge in [-0.05, 0) is 24.3 Å².